The largest absolute Gasteiger partial charge is 0.493 e. The number of halogens is 2. The van der Waals surface area contributed by atoms with Gasteiger partial charge in [-0.25, -0.2) is 0 Å². The van der Waals surface area contributed by atoms with E-state index >= 15 is 0 Å². The number of rotatable bonds is 2. The van der Waals surface area contributed by atoms with Gasteiger partial charge in [0.2, 0.25) is 0 Å². The molecule has 0 aromatic heterocycles. The summed E-state index contributed by atoms with van der Waals surface area (Å²) < 4.78 is 5.62. The lowest BCUT2D eigenvalue weighted by Crippen LogP contribution is -2.20. The Hall–Kier alpha value is -1.22. The molecule has 104 valence electrons. The molecule has 0 saturated heterocycles. The third-order valence-corrected chi connectivity index (χ3v) is 4.41. The molecule has 2 atom stereocenters. The van der Waals surface area contributed by atoms with Gasteiger partial charge in [-0.2, -0.15) is 0 Å². The first-order valence-electron chi connectivity index (χ1n) is 6.51. The third kappa shape index (κ3) is 2.51. The van der Waals surface area contributed by atoms with Crippen LogP contribution in [0.2, 0.25) is 10.0 Å². The lowest BCUT2D eigenvalue weighted by atomic mass is 9.85. The van der Waals surface area contributed by atoms with Crippen molar-refractivity contribution in [2.24, 2.45) is 0 Å². The van der Waals surface area contributed by atoms with Crippen LogP contribution in [0.25, 0.3) is 0 Å². The van der Waals surface area contributed by atoms with E-state index in [1.165, 1.54) is 0 Å². The van der Waals surface area contributed by atoms with Crippen molar-refractivity contribution in [1.29, 1.82) is 0 Å². The molecule has 0 saturated carbocycles. The zero-order valence-electron chi connectivity index (χ0n) is 10.7. The van der Waals surface area contributed by atoms with Crippen LogP contribution in [0.4, 0.5) is 0 Å². The van der Waals surface area contributed by atoms with Gasteiger partial charge in [0.05, 0.1) is 22.8 Å². The maximum atomic E-state index is 10.7. The van der Waals surface area contributed by atoms with Crippen LogP contribution < -0.4 is 4.74 Å². The van der Waals surface area contributed by atoms with E-state index in [2.05, 4.69) is 0 Å². The molecule has 1 heterocycles. The number of ether oxygens (including phenoxy) is 1. The Morgan fingerprint density at radius 1 is 1.10 bits per heavy atom. The number of aliphatic hydroxyl groups excluding tert-OH is 1. The molecule has 0 fully saturated rings. The second-order valence-electron chi connectivity index (χ2n) is 4.90. The normalized spacial score (nSPS) is 19.1. The number of hydrogen-bond acceptors (Lipinski definition) is 2. The lowest BCUT2D eigenvalue weighted by molar-refractivity contribution is 0.117. The predicted molar refractivity (Wildman–Crippen MR) is 80.7 cm³/mol. The molecule has 0 amide bonds. The van der Waals surface area contributed by atoms with Gasteiger partial charge in [-0.3, -0.25) is 0 Å². The van der Waals surface area contributed by atoms with Gasteiger partial charge < -0.3 is 9.84 Å². The second-order valence-corrected chi connectivity index (χ2v) is 5.71. The van der Waals surface area contributed by atoms with Crippen LogP contribution in [0, 0.1) is 0 Å². The van der Waals surface area contributed by atoms with Gasteiger partial charge in [-0.05, 0) is 30.2 Å². The minimum absolute atomic E-state index is 0.0113. The molecule has 0 spiro atoms. The minimum Gasteiger partial charge on any atom is -0.493 e. The van der Waals surface area contributed by atoms with Crippen molar-refractivity contribution in [1.82, 2.24) is 0 Å². The maximum absolute atomic E-state index is 10.7. The molecular formula is C16H14Cl2O2. The van der Waals surface area contributed by atoms with Crippen molar-refractivity contribution in [2.45, 2.75) is 18.4 Å². The van der Waals surface area contributed by atoms with Crippen molar-refractivity contribution in [2.75, 3.05) is 6.61 Å². The lowest BCUT2D eigenvalue weighted by Gasteiger charge is -2.29. The van der Waals surface area contributed by atoms with Crippen LogP contribution in [0.15, 0.2) is 42.5 Å². The van der Waals surface area contributed by atoms with Crippen molar-refractivity contribution in [3.05, 3.63) is 63.6 Å². The molecule has 2 nitrogen and oxygen atoms in total. The predicted octanol–water partition coefficient (Wildman–Crippen LogP) is 4.59. The van der Waals surface area contributed by atoms with E-state index in [0.717, 1.165) is 23.3 Å². The van der Waals surface area contributed by atoms with E-state index in [0.29, 0.717) is 16.7 Å². The Morgan fingerprint density at radius 2 is 1.90 bits per heavy atom. The van der Waals surface area contributed by atoms with E-state index in [1.807, 2.05) is 30.3 Å². The van der Waals surface area contributed by atoms with E-state index in [9.17, 15) is 5.11 Å². The average molecular weight is 309 g/mol. The summed E-state index contributed by atoms with van der Waals surface area (Å²) in [6.45, 7) is 0.611. The Kier molecular flexibility index (Phi) is 3.88. The van der Waals surface area contributed by atoms with E-state index in [4.69, 9.17) is 27.9 Å². The molecule has 1 N–H and O–H groups in total. The van der Waals surface area contributed by atoms with Gasteiger partial charge in [0.15, 0.2) is 0 Å². The highest BCUT2D eigenvalue weighted by atomic mass is 35.5. The fourth-order valence-electron chi connectivity index (χ4n) is 2.63. The highest BCUT2D eigenvalue weighted by molar-refractivity contribution is 6.42. The van der Waals surface area contributed by atoms with Crippen molar-refractivity contribution in [3.8, 4) is 5.75 Å². The summed E-state index contributed by atoms with van der Waals surface area (Å²) in [4.78, 5) is 0. The van der Waals surface area contributed by atoms with Crippen molar-refractivity contribution >= 4 is 23.2 Å². The standard InChI is InChI=1S/C16H14Cl2O2/c17-13-6-5-10(9-14(13)18)16(19)12-7-8-20-15-4-2-1-3-11(12)15/h1-6,9,12,16,19H,7-8H2. The summed E-state index contributed by atoms with van der Waals surface area (Å²) in [7, 11) is 0. The molecular weight excluding hydrogens is 295 g/mol. The quantitative estimate of drug-likeness (QED) is 0.879. The van der Waals surface area contributed by atoms with Gasteiger partial charge in [-0.1, -0.05) is 47.5 Å². The van der Waals surface area contributed by atoms with Crippen LogP contribution in [-0.2, 0) is 0 Å². The third-order valence-electron chi connectivity index (χ3n) is 3.67. The second kappa shape index (κ2) is 5.65. The fourth-order valence-corrected chi connectivity index (χ4v) is 2.93. The molecule has 0 bridgehead atoms. The number of para-hydroxylation sites is 1. The molecule has 2 unspecified atom stereocenters. The molecule has 0 aliphatic carbocycles. The van der Waals surface area contributed by atoms with E-state index in [1.54, 1.807) is 12.1 Å². The van der Waals surface area contributed by atoms with Gasteiger partial charge >= 0.3 is 0 Å². The van der Waals surface area contributed by atoms with Gasteiger partial charge in [0.25, 0.3) is 0 Å². The summed E-state index contributed by atoms with van der Waals surface area (Å²) >= 11 is 11.9. The van der Waals surface area contributed by atoms with Gasteiger partial charge in [0, 0.05) is 11.5 Å². The van der Waals surface area contributed by atoms with Crippen molar-refractivity contribution in [3.63, 3.8) is 0 Å². The minimum atomic E-state index is -0.616. The zero-order chi connectivity index (χ0) is 14.1. The van der Waals surface area contributed by atoms with Crippen molar-refractivity contribution < 1.29 is 9.84 Å². The van der Waals surface area contributed by atoms with E-state index < -0.39 is 6.10 Å². The molecule has 20 heavy (non-hydrogen) atoms. The van der Waals surface area contributed by atoms with Crippen LogP contribution in [-0.4, -0.2) is 11.7 Å². The summed E-state index contributed by atoms with van der Waals surface area (Å²) in [5.41, 5.74) is 1.82. The van der Waals surface area contributed by atoms with Crippen LogP contribution in [0.5, 0.6) is 5.75 Å². The monoisotopic (exact) mass is 308 g/mol. The number of fused-ring (bicyclic) bond motifs is 1. The Balaban J connectivity index is 1.95. The summed E-state index contributed by atoms with van der Waals surface area (Å²) in [5, 5.41) is 11.6. The molecule has 4 heteroatoms. The molecule has 2 aromatic rings. The van der Waals surface area contributed by atoms with Crippen LogP contribution in [0.1, 0.15) is 29.6 Å². The zero-order valence-corrected chi connectivity index (χ0v) is 12.2. The number of hydrogen-bond donors (Lipinski definition) is 1. The first kappa shape index (κ1) is 13.7. The Labute approximate surface area is 127 Å². The molecule has 0 radical (unpaired) electrons. The summed E-state index contributed by atoms with van der Waals surface area (Å²) in [6, 6.07) is 13.1. The highest BCUT2D eigenvalue weighted by Crippen LogP contribution is 2.42. The number of benzene rings is 2. The topological polar surface area (TPSA) is 29.5 Å². The maximum Gasteiger partial charge on any atom is 0.122 e. The Bertz CT molecular complexity index is 628. The highest BCUT2D eigenvalue weighted by Gasteiger charge is 2.28. The van der Waals surface area contributed by atoms with Crippen LogP contribution in [0.3, 0.4) is 0 Å². The van der Waals surface area contributed by atoms with Crippen LogP contribution >= 0.6 is 23.2 Å². The average Bonchev–Trinajstić information content (AvgIpc) is 2.49. The van der Waals surface area contributed by atoms with E-state index in [-0.39, 0.29) is 5.92 Å². The summed E-state index contributed by atoms with van der Waals surface area (Å²) in [6.07, 6.45) is 0.160. The fraction of sp³-hybridized carbons (Fsp3) is 0.250. The molecule has 3 rings (SSSR count). The SMILES string of the molecule is OC(c1ccc(Cl)c(Cl)c1)C1CCOc2ccccc21. The summed E-state index contributed by atoms with van der Waals surface area (Å²) in [5.74, 6) is 0.861. The first-order chi connectivity index (χ1) is 9.66. The smallest absolute Gasteiger partial charge is 0.122 e. The Morgan fingerprint density at radius 3 is 2.70 bits per heavy atom. The van der Waals surface area contributed by atoms with Gasteiger partial charge in [0.1, 0.15) is 5.75 Å². The molecule has 1 aliphatic heterocycles. The molecule has 2 aromatic carbocycles. The van der Waals surface area contributed by atoms with Gasteiger partial charge in [-0.15, -0.1) is 0 Å². The number of aliphatic hydroxyl groups is 1. The molecule has 1 aliphatic rings. The first-order valence-corrected chi connectivity index (χ1v) is 7.27.